The molecule has 3 N–H and O–H groups in total. The van der Waals surface area contributed by atoms with Gasteiger partial charge in [-0.3, -0.25) is 4.79 Å². The van der Waals surface area contributed by atoms with Gasteiger partial charge in [-0.15, -0.1) is 0 Å². The minimum absolute atomic E-state index is 0.292. The molecule has 20 heavy (non-hydrogen) atoms. The van der Waals surface area contributed by atoms with Gasteiger partial charge >= 0.3 is 5.97 Å². The topological polar surface area (TPSA) is 82.2 Å². The molecule has 0 saturated heterocycles. The second kappa shape index (κ2) is 5.17. The van der Waals surface area contributed by atoms with Crippen molar-refractivity contribution < 1.29 is 14.7 Å². The van der Waals surface area contributed by atoms with Gasteiger partial charge in [-0.05, 0) is 31.5 Å². The van der Waals surface area contributed by atoms with Crippen LogP contribution in [-0.2, 0) is 4.79 Å². The van der Waals surface area contributed by atoms with Crippen LogP contribution in [0.2, 0.25) is 5.02 Å². The lowest BCUT2D eigenvalue weighted by molar-refractivity contribution is -0.143. The second-order valence-corrected chi connectivity index (χ2v) is 5.30. The number of aromatic nitrogens is 1. The number of carboxylic acids is 1. The first-order chi connectivity index (χ1) is 9.35. The fraction of sp³-hybridized carbons (Fsp3) is 0.286. The molecule has 1 unspecified atom stereocenters. The number of rotatable bonds is 4. The molecule has 2 aromatic rings. The lowest BCUT2D eigenvalue weighted by Gasteiger charge is -2.24. The van der Waals surface area contributed by atoms with Gasteiger partial charge in [0.05, 0.1) is 0 Å². The molecule has 0 fully saturated rings. The summed E-state index contributed by atoms with van der Waals surface area (Å²) in [7, 11) is 0. The van der Waals surface area contributed by atoms with Crippen LogP contribution in [0.5, 0.6) is 0 Å². The second-order valence-electron chi connectivity index (χ2n) is 4.86. The number of amides is 1. The number of hydrogen-bond donors (Lipinski definition) is 3. The Morgan fingerprint density at radius 1 is 1.40 bits per heavy atom. The van der Waals surface area contributed by atoms with Crippen LogP contribution in [0.15, 0.2) is 24.3 Å². The molecule has 0 aliphatic heterocycles. The van der Waals surface area contributed by atoms with E-state index in [0.29, 0.717) is 17.1 Å². The maximum absolute atomic E-state index is 12.1. The van der Waals surface area contributed by atoms with E-state index >= 15 is 0 Å². The van der Waals surface area contributed by atoms with Crippen LogP contribution in [0.1, 0.15) is 30.8 Å². The van der Waals surface area contributed by atoms with E-state index < -0.39 is 17.4 Å². The van der Waals surface area contributed by atoms with Crippen molar-refractivity contribution in [1.29, 1.82) is 0 Å². The summed E-state index contributed by atoms with van der Waals surface area (Å²) in [5.41, 5.74) is -0.245. The minimum atomic E-state index is -1.29. The molecule has 1 aromatic carbocycles. The van der Waals surface area contributed by atoms with E-state index in [9.17, 15) is 9.59 Å². The van der Waals surface area contributed by atoms with Crippen molar-refractivity contribution in [3.05, 3.63) is 35.0 Å². The number of aliphatic carboxylic acids is 1. The van der Waals surface area contributed by atoms with E-state index in [1.165, 1.54) is 6.92 Å². The molecule has 1 heterocycles. The van der Waals surface area contributed by atoms with Gasteiger partial charge in [0.1, 0.15) is 11.2 Å². The van der Waals surface area contributed by atoms with Gasteiger partial charge in [0, 0.05) is 15.9 Å². The molecule has 1 atom stereocenters. The third kappa shape index (κ3) is 2.63. The number of carboxylic acid groups (broad SMARTS) is 1. The Morgan fingerprint density at radius 3 is 2.70 bits per heavy atom. The van der Waals surface area contributed by atoms with Gasteiger partial charge in [-0.1, -0.05) is 24.6 Å². The summed E-state index contributed by atoms with van der Waals surface area (Å²) >= 11 is 5.88. The minimum Gasteiger partial charge on any atom is -0.480 e. The monoisotopic (exact) mass is 294 g/mol. The van der Waals surface area contributed by atoms with Crippen LogP contribution < -0.4 is 5.32 Å². The van der Waals surface area contributed by atoms with Gasteiger partial charge in [-0.25, -0.2) is 4.79 Å². The number of aromatic amines is 1. The largest absolute Gasteiger partial charge is 0.480 e. The SMILES string of the molecule is CCC(C)(NC(=O)c1cc2ccc(Cl)cc2[nH]1)C(=O)O. The molecule has 0 bridgehead atoms. The summed E-state index contributed by atoms with van der Waals surface area (Å²) in [6.45, 7) is 3.19. The molecule has 0 spiro atoms. The Hall–Kier alpha value is -2.01. The summed E-state index contributed by atoms with van der Waals surface area (Å²) in [6.07, 6.45) is 0.292. The Morgan fingerprint density at radius 2 is 2.10 bits per heavy atom. The highest BCUT2D eigenvalue weighted by Crippen LogP contribution is 2.20. The first-order valence-corrected chi connectivity index (χ1v) is 6.57. The zero-order valence-electron chi connectivity index (χ0n) is 11.2. The molecule has 0 aliphatic carbocycles. The summed E-state index contributed by atoms with van der Waals surface area (Å²) in [5, 5.41) is 13.1. The Balaban J connectivity index is 2.29. The van der Waals surface area contributed by atoms with Crippen LogP contribution in [0.4, 0.5) is 0 Å². The van der Waals surface area contributed by atoms with Crippen LogP contribution in [0, 0.1) is 0 Å². The van der Waals surface area contributed by atoms with Crippen LogP contribution >= 0.6 is 11.6 Å². The fourth-order valence-electron chi connectivity index (χ4n) is 1.83. The highest BCUT2D eigenvalue weighted by Gasteiger charge is 2.33. The average molecular weight is 295 g/mol. The van der Waals surface area contributed by atoms with Crippen molar-refractivity contribution in [2.75, 3.05) is 0 Å². The lowest BCUT2D eigenvalue weighted by atomic mass is 9.99. The zero-order chi connectivity index (χ0) is 14.9. The predicted octanol–water partition coefficient (Wildman–Crippen LogP) is 2.80. The molecule has 2 rings (SSSR count). The highest BCUT2D eigenvalue weighted by molar-refractivity contribution is 6.31. The number of carbonyl (C=O) groups excluding carboxylic acids is 1. The Kier molecular flexibility index (Phi) is 3.72. The Labute approximate surface area is 120 Å². The molecule has 0 radical (unpaired) electrons. The van der Waals surface area contributed by atoms with Crippen molar-refractivity contribution in [3.8, 4) is 0 Å². The summed E-state index contributed by atoms with van der Waals surface area (Å²) in [4.78, 5) is 26.3. The van der Waals surface area contributed by atoms with Crippen molar-refractivity contribution in [1.82, 2.24) is 10.3 Å². The number of carbonyl (C=O) groups is 2. The molecule has 6 heteroatoms. The summed E-state index contributed by atoms with van der Waals surface area (Å²) in [6, 6.07) is 6.90. The third-order valence-corrected chi connectivity index (χ3v) is 3.63. The molecule has 106 valence electrons. The van der Waals surface area contributed by atoms with Gasteiger partial charge in [0.25, 0.3) is 5.91 Å². The normalized spacial score (nSPS) is 13.9. The van der Waals surface area contributed by atoms with Crippen molar-refractivity contribution >= 4 is 34.4 Å². The van der Waals surface area contributed by atoms with E-state index in [-0.39, 0.29) is 0 Å². The van der Waals surface area contributed by atoms with E-state index in [4.69, 9.17) is 16.7 Å². The number of H-pyrrole nitrogens is 1. The number of fused-ring (bicyclic) bond motifs is 1. The quantitative estimate of drug-likeness (QED) is 0.811. The van der Waals surface area contributed by atoms with Crippen LogP contribution in [0.3, 0.4) is 0 Å². The highest BCUT2D eigenvalue weighted by atomic mass is 35.5. The first-order valence-electron chi connectivity index (χ1n) is 6.20. The van der Waals surface area contributed by atoms with Gasteiger partial charge in [-0.2, -0.15) is 0 Å². The average Bonchev–Trinajstić information content (AvgIpc) is 2.81. The maximum atomic E-state index is 12.1. The molecule has 5 nitrogen and oxygen atoms in total. The molecular weight excluding hydrogens is 280 g/mol. The number of halogens is 1. The summed E-state index contributed by atoms with van der Waals surface area (Å²) < 4.78 is 0. The van der Waals surface area contributed by atoms with E-state index in [1.54, 1.807) is 31.2 Å². The molecular formula is C14H15ClN2O3. The van der Waals surface area contributed by atoms with E-state index in [0.717, 1.165) is 10.9 Å². The number of nitrogens with one attached hydrogen (secondary N) is 2. The van der Waals surface area contributed by atoms with Crippen molar-refractivity contribution in [2.45, 2.75) is 25.8 Å². The molecule has 0 saturated carbocycles. The van der Waals surface area contributed by atoms with E-state index in [1.807, 2.05) is 0 Å². The predicted molar refractivity (Wildman–Crippen MR) is 77.1 cm³/mol. The summed E-state index contributed by atoms with van der Waals surface area (Å²) in [5.74, 6) is -1.52. The number of benzene rings is 1. The lowest BCUT2D eigenvalue weighted by Crippen LogP contribution is -2.51. The molecule has 1 amide bonds. The van der Waals surface area contributed by atoms with Gasteiger partial charge in [0.15, 0.2) is 0 Å². The first kappa shape index (κ1) is 14.4. The van der Waals surface area contributed by atoms with Crippen molar-refractivity contribution in [3.63, 3.8) is 0 Å². The molecule has 1 aromatic heterocycles. The van der Waals surface area contributed by atoms with Gasteiger partial charge < -0.3 is 15.4 Å². The fourth-order valence-corrected chi connectivity index (χ4v) is 2.00. The van der Waals surface area contributed by atoms with Crippen molar-refractivity contribution in [2.24, 2.45) is 0 Å². The van der Waals surface area contributed by atoms with Gasteiger partial charge in [0.2, 0.25) is 0 Å². The number of hydrogen-bond acceptors (Lipinski definition) is 2. The van der Waals surface area contributed by atoms with Crippen LogP contribution in [0.25, 0.3) is 10.9 Å². The Bertz CT molecular complexity index is 680. The molecule has 0 aliphatic rings. The zero-order valence-corrected chi connectivity index (χ0v) is 11.9. The maximum Gasteiger partial charge on any atom is 0.329 e. The smallest absolute Gasteiger partial charge is 0.329 e. The standard InChI is InChI=1S/C14H15ClN2O3/c1-3-14(2,13(19)20)17-12(18)11-6-8-4-5-9(15)7-10(8)16-11/h4-7,16H,3H2,1-2H3,(H,17,18)(H,19,20). The third-order valence-electron chi connectivity index (χ3n) is 3.40. The van der Waals surface area contributed by atoms with E-state index in [2.05, 4.69) is 10.3 Å². The van der Waals surface area contributed by atoms with Crippen LogP contribution in [-0.4, -0.2) is 27.5 Å².